The number of esters is 10. The molecule has 8 atom stereocenters. The van der Waals surface area contributed by atoms with E-state index < -0.39 is 134 Å². The van der Waals surface area contributed by atoms with Crippen molar-refractivity contribution in [1.82, 2.24) is 19.9 Å². The number of nitrogens with zero attached hydrogens (tertiary/aromatic N) is 2. The standard InChI is InChI=1S/C104H110N4O24/c1-15-23-71-47-72(24-16-2)50-75(49-71)37-35-69-27-19-29-77(53-69)93-83-39-43-87(105-83)95(79-31-21-33-81(55-79)125-101-97(121-61(7)111)99(123-63(9)113)103(129-65(11)115,130-66(12)116)91(127-101)57-119-59(5)109)89-45-41-85(107-89)94(78-30-20-28-70(54-78)36-38-76-51-73(25-17-3)48-74(52-76)26-18-4)86-42-46-90(108-86)96(88-44-40-84(93)106-88)80-32-22-34-82(56-80)126-102-98(122-62(8)112)100(124-64(10)114)104(131-67(13)117,132-68(14)118)92(128-102)58-120-60(6)110/h19-22,27-34,39-56,91-92,97-102,105,108H,15-18,23-26,35-38,57-58H2,1-14H3. The molecule has 9 aromatic rings. The molecular weight excluding hydrogens is 1690 g/mol. The van der Waals surface area contributed by atoms with E-state index in [9.17, 15) is 47.9 Å². The van der Waals surface area contributed by atoms with Crippen LogP contribution in [-0.2, 0) is 156 Å². The number of nitrogens with one attached hydrogen (secondary N) is 2. The van der Waals surface area contributed by atoms with Crippen LogP contribution in [0.15, 0.2) is 158 Å². The molecule has 2 saturated heterocycles. The average molecular weight is 1800 g/mol. The molecule has 0 spiro atoms. The Balaban J connectivity index is 1.05. The number of hydrogen-bond donors (Lipinski definition) is 2. The SMILES string of the molecule is CCCc1cc(CCC)cc(CCc2cccc(-c3c4nc(c(-c5cccc(OC6OC(COC(C)=O)C(OC(C)=O)(OC(C)=O)C(OC(C)=O)C6OC(C)=O)c5)c5ccc([nH]5)c(-c5cccc(CCc6cc(CCC)cc(CCC)c6)c5)c5nc(c(-c6cccc(OC7OC(COC(C)=O)C(OC(C)=O)(OC(C)=O)C(OC(C)=O)C7OC(C)=O)c6)c6ccc3[nH]6)C=C5)C=C4)c2)c1. The van der Waals surface area contributed by atoms with Crippen LogP contribution in [0.3, 0.4) is 0 Å². The largest absolute Gasteiger partial charge is 0.463 e. The van der Waals surface area contributed by atoms with Crippen molar-refractivity contribution in [3.8, 4) is 56.0 Å². The fourth-order valence-electron chi connectivity index (χ4n) is 17.6. The number of H-pyrrole nitrogens is 2. The van der Waals surface area contributed by atoms with E-state index in [1.165, 1.54) is 33.4 Å². The maximum Gasteiger partial charge on any atom is 0.327 e. The highest BCUT2D eigenvalue weighted by Gasteiger charge is 2.68. The molecule has 28 nitrogen and oxygen atoms in total. The first kappa shape index (κ1) is 95.7. The molecule has 0 saturated carbocycles. The van der Waals surface area contributed by atoms with Crippen LogP contribution in [0.1, 0.15) is 190 Å². The van der Waals surface area contributed by atoms with Crippen LogP contribution in [0, 0.1) is 0 Å². The molecule has 0 amide bonds. The molecule has 2 fully saturated rings. The van der Waals surface area contributed by atoms with Gasteiger partial charge in [-0.2, -0.15) is 0 Å². The number of aromatic nitrogens is 4. The van der Waals surface area contributed by atoms with Gasteiger partial charge in [0.2, 0.25) is 37.0 Å². The third-order valence-corrected chi connectivity index (χ3v) is 22.4. The van der Waals surface area contributed by atoms with Crippen LogP contribution >= 0.6 is 0 Å². The van der Waals surface area contributed by atoms with Crippen molar-refractivity contribution in [3.05, 3.63) is 225 Å². The van der Waals surface area contributed by atoms with E-state index in [2.05, 4.69) is 98.3 Å². The Hall–Kier alpha value is -13.9. The Bertz CT molecular complexity index is 5670. The second-order valence-electron chi connectivity index (χ2n) is 33.1. The summed E-state index contributed by atoms with van der Waals surface area (Å²) in [4.78, 5) is 150. The molecule has 7 heterocycles. The smallest absolute Gasteiger partial charge is 0.327 e. The lowest BCUT2D eigenvalue weighted by atomic mass is 9.93. The summed E-state index contributed by atoms with van der Waals surface area (Å²) < 4.78 is 84.0. The molecule has 13 rings (SSSR count). The average Bonchev–Trinajstić information content (AvgIpc) is 0.872. The second-order valence-corrected chi connectivity index (χ2v) is 33.1. The number of carbonyl (C=O) groups excluding carboxylic acids is 10. The van der Waals surface area contributed by atoms with Crippen molar-refractivity contribution in [2.24, 2.45) is 0 Å². The van der Waals surface area contributed by atoms with Crippen LogP contribution in [0.4, 0.5) is 0 Å². The molecule has 4 aliphatic rings. The van der Waals surface area contributed by atoms with Crippen molar-refractivity contribution in [2.45, 2.75) is 235 Å². The van der Waals surface area contributed by atoms with Gasteiger partial charge in [-0.1, -0.05) is 163 Å². The summed E-state index contributed by atoms with van der Waals surface area (Å²) in [5, 5.41) is 0. The number of aromatic amines is 2. The van der Waals surface area contributed by atoms with Crippen molar-refractivity contribution < 1.29 is 114 Å². The van der Waals surface area contributed by atoms with Crippen LogP contribution in [0.25, 0.3) is 90.9 Å². The summed E-state index contributed by atoms with van der Waals surface area (Å²) in [7, 11) is 0. The number of rotatable bonds is 34. The first-order valence-corrected chi connectivity index (χ1v) is 44.5. The predicted molar refractivity (Wildman–Crippen MR) is 491 cm³/mol. The van der Waals surface area contributed by atoms with Crippen LogP contribution in [0.2, 0.25) is 0 Å². The highest BCUT2D eigenvalue weighted by molar-refractivity contribution is 6.00. The van der Waals surface area contributed by atoms with Gasteiger partial charge in [0.15, 0.2) is 12.2 Å². The van der Waals surface area contributed by atoms with Gasteiger partial charge in [0.05, 0.1) is 22.8 Å². The quantitative estimate of drug-likeness (QED) is 0.0215. The number of hydrogen-bond acceptors (Lipinski definition) is 26. The van der Waals surface area contributed by atoms with E-state index in [0.717, 1.165) is 156 Å². The summed E-state index contributed by atoms with van der Waals surface area (Å²) >= 11 is 0. The number of carbonyl (C=O) groups is 10. The molecule has 28 heteroatoms. The van der Waals surface area contributed by atoms with Gasteiger partial charge >= 0.3 is 71.3 Å². The Morgan fingerprint density at radius 2 is 0.583 bits per heavy atom. The molecule has 0 radical (unpaired) electrons. The highest BCUT2D eigenvalue weighted by Crippen LogP contribution is 2.46. The Labute approximate surface area is 765 Å². The third kappa shape index (κ3) is 23.1. The lowest BCUT2D eigenvalue weighted by Crippen LogP contribution is -2.72. The first-order chi connectivity index (χ1) is 63.3. The number of aryl methyl sites for hydroxylation is 8. The molecule has 6 aromatic carbocycles. The van der Waals surface area contributed by atoms with Gasteiger partial charge in [0.25, 0.3) is 0 Å². The van der Waals surface area contributed by atoms with E-state index in [-0.39, 0.29) is 11.5 Å². The highest BCUT2D eigenvalue weighted by atomic mass is 16.8. The molecule has 8 unspecified atom stereocenters. The predicted octanol–water partition coefficient (Wildman–Crippen LogP) is 17.4. The van der Waals surface area contributed by atoms with Crippen molar-refractivity contribution >= 4 is 106 Å². The van der Waals surface area contributed by atoms with Crippen LogP contribution in [0.5, 0.6) is 11.5 Å². The lowest BCUT2D eigenvalue weighted by molar-refractivity contribution is -0.377. The third-order valence-electron chi connectivity index (χ3n) is 22.4. The van der Waals surface area contributed by atoms with Gasteiger partial charge in [-0.15, -0.1) is 0 Å². The van der Waals surface area contributed by atoms with Gasteiger partial charge < -0.3 is 76.3 Å². The van der Waals surface area contributed by atoms with E-state index in [1.54, 1.807) is 36.4 Å². The van der Waals surface area contributed by atoms with Crippen LogP contribution < -0.4 is 9.47 Å². The summed E-state index contributed by atoms with van der Waals surface area (Å²) in [6.07, 6.45) is 3.58. The van der Waals surface area contributed by atoms with E-state index >= 15 is 0 Å². The first-order valence-electron chi connectivity index (χ1n) is 44.5. The van der Waals surface area contributed by atoms with Crippen molar-refractivity contribution in [2.75, 3.05) is 13.2 Å². The number of ether oxygens (including phenoxy) is 14. The molecule has 3 aromatic heterocycles. The topological polar surface area (TPSA) is 357 Å². The molecule has 8 bridgehead atoms. The lowest BCUT2D eigenvalue weighted by Gasteiger charge is -2.49. The fraction of sp³-hybridized carbons (Fsp3) is 0.365. The Morgan fingerprint density at radius 1 is 0.311 bits per heavy atom. The maximum atomic E-state index is 13.4. The van der Waals surface area contributed by atoms with E-state index in [0.29, 0.717) is 91.1 Å². The van der Waals surface area contributed by atoms with E-state index in [1.807, 2.05) is 85.0 Å². The summed E-state index contributed by atoms with van der Waals surface area (Å²) in [6.45, 7) is 17.7. The Morgan fingerprint density at radius 3 is 0.856 bits per heavy atom. The molecule has 132 heavy (non-hydrogen) atoms. The normalized spacial score (nSPS) is 18.0. The summed E-state index contributed by atoms with van der Waals surface area (Å²) in [5.74, 6) is -15.0. The monoisotopic (exact) mass is 1800 g/mol. The fourth-order valence-corrected chi connectivity index (χ4v) is 17.6. The van der Waals surface area contributed by atoms with Crippen molar-refractivity contribution in [3.63, 3.8) is 0 Å². The molecule has 4 aliphatic heterocycles. The zero-order chi connectivity index (χ0) is 94.2. The zero-order valence-corrected chi connectivity index (χ0v) is 76.5. The minimum Gasteiger partial charge on any atom is -0.463 e. The number of benzene rings is 6. The maximum absolute atomic E-state index is 13.4. The number of fused-ring (bicyclic) bond motifs is 8. The van der Waals surface area contributed by atoms with E-state index in [4.69, 9.17) is 76.3 Å². The van der Waals surface area contributed by atoms with Gasteiger partial charge in [-0.25, -0.2) is 9.97 Å². The summed E-state index contributed by atoms with van der Waals surface area (Å²) in [6, 6.07) is 52.2. The summed E-state index contributed by atoms with van der Waals surface area (Å²) in [5.41, 5.74) is 19.3. The minimum absolute atomic E-state index is 0.0741. The van der Waals surface area contributed by atoms with Gasteiger partial charge in [0.1, 0.15) is 24.7 Å². The molecular formula is C104H110N4O24. The zero-order valence-electron chi connectivity index (χ0n) is 76.5. The second kappa shape index (κ2) is 42.8. The Kier molecular flexibility index (Phi) is 31.0. The molecule has 2 N–H and O–H groups in total. The van der Waals surface area contributed by atoms with Gasteiger partial charge in [0, 0.05) is 114 Å². The van der Waals surface area contributed by atoms with Crippen molar-refractivity contribution in [1.29, 1.82) is 0 Å². The minimum atomic E-state index is -2.74. The van der Waals surface area contributed by atoms with Gasteiger partial charge in [-0.3, -0.25) is 47.9 Å². The molecule has 690 valence electrons. The molecule has 0 aliphatic carbocycles. The van der Waals surface area contributed by atoms with Gasteiger partial charge in [-0.05, 0) is 191 Å². The van der Waals surface area contributed by atoms with Crippen LogP contribution in [-0.4, -0.2) is 154 Å².